The summed E-state index contributed by atoms with van der Waals surface area (Å²) in [7, 11) is 0. The van der Waals surface area contributed by atoms with Crippen molar-refractivity contribution in [2.24, 2.45) is 0 Å². The first-order valence-corrected chi connectivity index (χ1v) is 10.5. The number of thiocarbonyl (C=S) groups is 1. The molecule has 0 radical (unpaired) electrons. The summed E-state index contributed by atoms with van der Waals surface area (Å²) in [6, 6.07) is 23.6. The lowest BCUT2D eigenvalue weighted by molar-refractivity contribution is 0.142. The van der Waals surface area contributed by atoms with Crippen molar-refractivity contribution in [2.75, 3.05) is 6.61 Å². The largest absolute Gasteiger partial charge is 0.449 e. The van der Waals surface area contributed by atoms with Gasteiger partial charge in [0.15, 0.2) is 0 Å². The zero-order valence-corrected chi connectivity index (χ0v) is 17.7. The molecule has 0 bridgehead atoms. The first-order valence-electron chi connectivity index (χ1n) is 10.1. The number of fused-ring (bicyclic) bond motifs is 4. The van der Waals surface area contributed by atoms with Crippen LogP contribution in [0.15, 0.2) is 72.8 Å². The van der Waals surface area contributed by atoms with Gasteiger partial charge in [0.1, 0.15) is 17.1 Å². The molecule has 0 fully saturated rings. The van der Waals surface area contributed by atoms with E-state index >= 15 is 0 Å². The summed E-state index contributed by atoms with van der Waals surface area (Å²) in [5.74, 6) is 0.0136. The third kappa shape index (κ3) is 3.47. The van der Waals surface area contributed by atoms with Gasteiger partial charge in [-0.3, -0.25) is 0 Å². The number of ether oxygens (including phenoxy) is 1. The van der Waals surface area contributed by atoms with E-state index in [1.807, 2.05) is 48.5 Å². The molecule has 154 valence electrons. The van der Waals surface area contributed by atoms with Gasteiger partial charge in [-0.2, -0.15) is 0 Å². The number of nitrogens with zero attached hydrogens (tertiary/aromatic N) is 3. The van der Waals surface area contributed by atoms with E-state index in [-0.39, 0.29) is 12.5 Å². The first kappa shape index (κ1) is 19.4. The quantitative estimate of drug-likeness (QED) is 0.484. The molecule has 1 aromatic heterocycles. The summed E-state index contributed by atoms with van der Waals surface area (Å²) < 4.78 is 7.18. The van der Waals surface area contributed by atoms with Gasteiger partial charge in [0.05, 0.1) is 11.6 Å². The van der Waals surface area contributed by atoms with Crippen LogP contribution in [0.25, 0.3) is 22.2 Å². The topological polar surface area (TPSA) is 69.0 Å². The molecule has 3 aromatic carbocycles. The van der Waals surface area contributed by atoms with Gasteiger partial charge >= 0.3 is 6.09 Å². The highest BCUT2D eigenvalue weighted by Crippen LogP contribution is 2.44. The zero-order chi connectivity index (χ0) is 21.4. The van der Waals surface area contributed by atoms with E-state index in [1.165, 1.54) is 22.3 Å². The Labute approximate surface area is 184 Å². The number of para-hydroxylation sites is 1. The van der Waals surface area contributed by atoms with Crippen LogP contribution in [-0.4, -0.2) is 38.7 Å². The number of rotatable bonds is 4. The van der Waals surface area contributed by atoms with E-state index in [0.29, 0.717) is 4.99 Å². The molecular weight excluding hydrogens is 408 g/mol. The van der Waals surface area contributed by atoms with Gasteiger partial charge in [-0.1, -0.05) is 78.1 Å². The molecule has 1 N–H and O–H groups in total. The molecule has 1 heterocycles. The highest BCUT2D eigenvalue weighted by Gasteiger charge is 2.29. The number of carbonyl (C=O) groups is 1. The van der Waals surface area contributed by atoms with Crippen molar-refractivity contribution in [2.45, 2.75) is 18.9 Å². The Morgan fingerprint density at radius 2 is 1.65 bits per heavy atom. The predicted molar refractivity (Wildman–Crippen MR) is 123 cm³/mol. The van der Waals surface area contributed by atoms with Gasteiger partial charge in [-0.15, -0.1) is 5.10 Å². The number of carbonyl (C=O) groups excluding carboxylic acids is 1. The fraction of sp³-hybridized carbons (Fsp3) is 0.167. The highest BCUT2D eigenvalue weighted by atomic mass is 32.1. The van der Waals surface area contributed by atoms with Crippen LogP contribution in [-0.2, 0) is 4.74 Å². The van der Waals surface area contributed by atoms with Gasteiger partial charge in [0, 0.05) is 5.92 Å². The maximum absolute atomic E-state index is 12.5. The van der Waals surface area contributed by atoms with E-state index in [4.69, 9.17) is 17.0 Å². The molecule has 1 atom stereocenters. The standard InChI is InChI=1S/C24H20N4O2S/c1-15(23(31)28-22-13-7-6-12-21(22)26-27-28)25-24(29)30-14-20-18-10-4-2-8-16(18)17-9-3-5-11-19(17)20/h2-13,15,20H,14H2,1H3,(H,25,29)/t15-/m0/s1. The number of nitrogens with one attached hydrogen (secondary N) is 1. The van der Waals surface area contributed by atoms with Crippen LogP contribution in [0.2, 0.25) is 0 Å². The lowest BCUT2D eigenvalue weighted by atomic mass is 9.98. The van der Waals surface area contributed by atoms with Crippen molar-refractivity contribution >= 4 is 34.3 Å². The van der Waals surface area contributed by atoms with Crippen molar-refractivity contribution in [3.63, 3.8) is 0 Å². The highest BCUT2D eigenvalue weighted by molar-refractivity contribution is 7.80. The summed E-state index contributed by atoms with van der Waals surface area (Å²) in [5, 5.41) is 11.0. The average molecular weight is 429 g/mol. The van der Waals surface area contributed by atoms with Crippen LogP contribution in [0.1, 0.15) is 24.0 Å². The van der Waals surface area contributed by atoms with E-state index in [1.54, 1.807) is 11.6 Å². The second-order valence-corrected chi connectivity index (χ2v) is 7.94. The first-order chi connectivity index (χ1) is 15.1. The molecule has 1 aliphatic carbocycles. The monoisotopic (exact) mass is 428 g/mol. The molecule has 0 aliphatic heterocycles. The minimum Gasteiger partial charge on any atom is -0.449 e. The smallest absolute Gasteiger partial charge is 0.407 e. The Hall–Kier alpha value is -3.58. The lowest BCUT2D eigenvalue weighted by Gasteiger charge is -2.18. The molecule has 31 heavy (non-hydrogen) atoms. The van der Waals surface area contributed by atoms with Crippen LogP contribution in [0.5, 0.6) is 0 Å². The Bertz CT molecular complexity index is 1250. The Balaban J connectivity index is 1.27. The molecule has 7 heteroatoms. The molecule has 5 rings (SSSR count). The molecular formula is C24H20N4O2S. The minimum absolute atomic E-state index is 0.0136. The van der Waals surface area contributed by atoms with Crippen molar-refractivity contribution < 1.29 is 9.53 Å². The fourth-order valence-electron chi connectivity index (χ4n) is 4.09. The van der Waals surface area contributed by atoms with Crippen molar-refractivity contribution in [1.82, 2.24) is 20.3 Å². The predicted octanol–water partition coefficient (Wildman–Crippen LogP) is 4.53. The second-order valence-electron chi connectivity index (χ2n) is 7.52. The van der Waals surface area contributed by atoms with Gasteiger partial charge in [0.25, 0.3) is 0 Å². The number of hydrogen-bond donors (Lipinski definition) is 1. The molecule has 6 nitrogen and oxygen atoms in total. The fourth-order valence-corrected chi connectivity index (χ4v) is 4.29. The molecule has 1 aliphatic rings. The summed E-state index contributed by atoms with van der Waals surface area (Å²) >= 11 is 5.53. The summed E-state index contributed by atoms with van der Waals surface area (Å²) in [6.07, 6.45) is -0.513. The Kier molecular flexibility index (Phi) is 4.95. The van der Waals surface area contributed by atoms with Crippen LogP contribution >= 0.6 is 12.2 Å². The Morgan fingerprint density at radius 3 is 2.35 bits per heavy atom. The van der Waals surface area contributed by atoms with Crippen molar-refractivity contribution in [3.05, 3.63) is 83.9 Å². The third-order valence-corrected chi connectivity index (χ3v) is 6.14. The van der Waals surface area contributed by atoms with E-state index in [9.17, 15) is 4.79 Å². The van der Waals surface area contributed by atoms with Gasteiger partial charge in [-0.05, 0) is 41.3 Å². The van der Waals surface area contributed by atoms with E-state index in [2.05, 4.69) is 39.9 Å². The summed E-state index contributed by atoms with van der Waals surface area (Å²) in [5.41, 5.74) is 6.29. The molecule has 0 unspecified atom stereocenters. The maximum Gasteiger partial charge on any atom is 0.407 e. The molecule has 0 saturated carbocycles. The lowest BCUT2D eigenvalue weighted by Crippen LogP contribution is -2.41. The average Bonchev–Trinajstić information content (AvgIpc) is 3.37. The van der Waals surface area contributed by atoms with Crippen molar-refractivity contribution in [1.29, 1.82) is 0 Å². The number of amides is 1. The van der Waals surface area contributed by atoms with Gasteiger partial charge in [-0.25, -0.2) is 9.48 Å². The van der Waals surface area contributed by atoms with Gasteiger partial charge in [0.2, 0.25) is 0 Å². The minimum atomic E-state index is -0.513. The number of aromatic nitrogens is 3. The van der Waals surface area contributed by atoms with Crippen LogP contribution in [0, 0.1) is 0 Å². The second kappa shape index (κ2) is 7.92. The molecule has 0 saturated heterocycles. The van der Waals surface area contributed by atoms with E-state index in [0.717, 1.165) is 11.0 Å². The third-order valence-electron chi connectivity index (χ3n) is 5.61. The zero-order valence-electron chi connectivity index (χ0n) is 16.9. The number of hydrogen-bond acceptors (Lipinski definition) is 5. The van der Waals surface area contributed by atoms with Crippen molar-refractivity contribution in [3.8, 4) is 11.1 Å². The SMILES string of the molecule is C[C@H](NC(=O)OCC1c2ccccc2-c2ccccc21)C(=S)n1nnc2ccccc21. The van der Waals surface area contributed by atoms with E-state index < -0.39 is 12.1 Å². The van der Waals surface area contributed by atoms with Crippen LogP contribution < -0.4 is 5.32 Å². The molecule has 4 aromatic rings. The summed E-state index contributed by atoms with van der Waals surface area (Å²) in [4.78, 5) is 13.0. The number of benzene rings is 3. The Morgan fingerprint density at radius 1 is 1.03 bits per heavy atom. The normalized spacial score (nSPS) is 13.5. The van der Waals surface area contributed by atoms with Crippen LogP contribution in [0.3, 0.4) is 0 Å². The molecule has 1 amide bonds. The molecule has 0 spiro atoms. The van der Waals surface area contributed by atoms with Crippen LogP contribution in [0.4, 0.5) is 4.79 Å². The summed E-state index contributed by atoms with van der Waals surface area (Å²) in [6.45, 7) is 2.06. The number of alkyl carbamates (subject to hydrolysis) is 1. The van der Waals surface area contributed by atoms with Gasteiger partial charge < -0.3 is 10.1 Å². The maximum atomic E-state index is 12.5.